The van der Waals surface area contributed by atoms with Gasteiger partial charge in [-0.2, -0.15) is 10.1 Å². The Hall–Kier alpha value is -2.04. The number of benzene rings is 1. The summed E-state index contributed by atoms with van der Waals surface area (Å²) in [5.74, 6) is 0.870. The number of hydrogen-bond donors (Lipinski definition) is 0. The maximum atomic E-state index is 4.33. The van der Waals surface area contributed by atoms with Crippen LogP contribution in [0.5, 0.6) is 0 Å². The van der Waals surface area contributed by atoms with E-state index in [1.807, 2.05) is 13.1 Å². The molecule has 0 N–H and O–H groups in total. The molecule has 0 fully saturated rings. The SMILES string of the molecule is C[C@H]1N(C)c2ccccc2N1c1ncnn1C. The van der Waals surface area contributed by atoms with Crippen LogP contribution in [0.15, 0.2) is 30.6 Å². The lowest BCUT2D eigenvalue weighted by Gasteiger charge is -2.25. The van der Waals surface area contributed by atoms with E-state index in [0.29, 0.717) is 0 Å². The molecule has 1 aromatic heterocycles. The van der Waals surface area contributed by atoms with E-state index in [1.54, 1.807) is 11.0 Å². The van der Waals surface area contributed by atoms with Crippen LogP contribution in [0.4, 0.5) is 17.3 Å². The van der Waals surface area contributed by atoms with E-state index < -0.39 is 0 Å². The molecule has 1 aliphatic rings. The van der Waals surface area contributed by atoms with Crippen molar-refractivity contribution in [3.8, 4) is 0 Å². The van der Waals surface area contributed by atoms with Crippen LogP contribution < -0.4 is 9.80 Å². The molecule has 2 heterocycles. The van der Waals surface area contributed by atoms with Gasteiger partial charge in [0.1, 0.15) is 12.5 Å². The van der Waals surface area contributed by atoms with E-state index in [0.717, 1.165) is 5.95 Å². The van der Waals surface area contributed by atoms with Gasteiger partial charge in [0.2, 0.25) is 5.95 Å². The van der Waals surface area contributed by atoms with Crippen LogP contribution in [-0.2, 0) is 7.05 Å². The van der Waals surface area contributed by atoms with Gasteiger partial charge in [0, 0.05) is 14.1 Å². The molecular formula is C12H15N5. The Labute approximate surface area is 100 Å². The lowest BCUT2D eigenvalue weighted by Crippen LogP contribution is -2.36. The Balaban J connectivity index is 2.16. The van der Waals surface area contributed by atoms with Crippen molar-refractivity contribution in [1.82, 2.24) is 14.8 Å². The van der Waals surface area contributed by atoms with Crippen molar-refractivity contribution in [1.29, 1.82) is 0 Å². The molecule has 0 aliphatic carbocycles. The predicted octanol–water partition coefficient (Wildman–Crippen LogP) is 1.75. The summed E-state index contributed by atoms with van der Waals surface area (Å²) in [6.45, 7) is 2.16. The van der Waals surface area contributed by atoms with Gasteiger partial charge in [0.15, 0.2) is 0 Å². The van der Waals surface area contributed by atoms with Gasteiger partial charge in [0.05, 0.1) is 11.4 Å². The van der Waals surface area contributed by atoms with Gasteiger partial charge in [-0.05, 0) is 19.1 Å². The van der Waals surface area contributed by atoms with E-state index in [4.69, 9.17) is 0 Å². The largest absolute Gasteiger partial charge is 0.352 e. The third kappa shape index (κ3) is 1.32. The molecule has 1 aromatic carbocycles. The molecule has 0 unspecified atom stereocenters. The van der Waals surface area contributed by atoms with Crippen LogP contribution in [-0.4, -0.2) is 28.0 Å². The fourth-order valence-electron chi connectivity index (χ4n) is 2.32. The third-order valence-electron chi connectivity index (χ3n) is 3.36. The van der Waals surface area contributed by atoms with E-state index >= 15 is 0 Å². The van der Waals surface area contributed by atoms with Crippen molar-refractivity contribution in [3.05, 3.63) is 30.6 Å². The third-order valence-corrected chi connectivity index (χ3v) is 3.36. The normalized spacial score (nSPS) is 18.6. The van der Waals surface area contributed by atoms with Gasteiger partial charge < -0.3 is 4.90 Å². The molecule has 0 radical (unpaired) electrons. The minimum absolute atomic E-state index is 0.246. The van der Waals surface area contributed by atoms with E-state index in [9.17, 15) is 0 Å². The molecule has 3 rings (SSSR count). The van der Waals surface area contributed by atoms with Crippen LogP contribution in [0.25, 0.3) is 0 Å². The van der Waals surface area contributed by atoms with Crippen molar-refractivity contribution < 1.29 is 0 Å². The Morgan fingerprint density at radius 3 is 2.47 bits per heavy atom. The molecule has 5 heteroatoms. The number of anilines is 3. The summed E-state index contributed by atoms with van der Waals surface area (Å²) in [6.07, 6.45) is 1.83. The van der Waals surface area contributed by atoms with Crippen LogP contribution in [0.3, 0.4) is 0 Å². The fraction of sp³-hybridized carbons (Fsp3) is 0.333. The van der Waals surface area contributed by atoms with Crippen LogP contribution in [0.2, 0.25) is 0 Å². The first-order valence-corrected chi connectivity index (χ1v) is 5.65. The summed E-state index contributed by atoms with van der Waals surface area (Å²) >= 11 is 0. The fourth-order valence-corrected chi connectivity index (χ4v) is 2.32. The van der Waals surface area contributed by atoms with Crippen molar-refractivity contribution in [2.45, 2.75) is 13.1 Å². The Kier molecular flexibility index (Phi) is 2.07. The number of fused-ring (bicyclic) bond motifs is 1. The zero-order valence-electron chi connectivity index (χ0n) is 10.2. The Bertz CT molecular complexity index is 547. The Morgan fingerprint density at radius 1 is 1.12 bits per heavy atom. The summed E-state index contributed by atoms with van der Waals surface area (Å²) in [6, 6.07) is 8.35. The quantitative estimate of drug-likeness (QED) is 0.746. The number of aryl methyl sites for hydroxylation is 1. The highest BCUT2D eigenvalue weighted by Crippen LogP contribution is 2.41. The molecular weight excluding hydrogens is 214 g/mol. The summed E-state index contributed by atoms with van der Waals surface area (Å²) in [4.78, 5) is 8.77. The molecule has 1 aliphatic heterocycles. The van der Waals surface area contributed by atoms with Gasteiger partial charge >= 0.3 is 0 Å². The molecule has 17 heavy (non-hydrogen) atoms. The predicted molar refractivity (Wildman–Crippen MR) is 67.4 cm³/mol. The lowest BCUT2D eigenvalue weighted by atomic mass is 10.2. The summed E-state index contributed by atoms with van der Waals surface area (Å²) in [5.41, 5.74) is 2.40. The first-order chi connectivity index (χ1) is 8.20. The molecule has 5 nitrogen and oxygen atoms in total. The second-order valence-electron chi connectivity index (χ2n) is 4.29. The second kappa shape index (κ2) is 3.48. The van der Waals surface area contributed by atoms with Gasteiger partial charge in [-0.1, -0.05) is 12.1 Å². The lowest BCUT2D eigenvalue weighted by molar-refractivity contribution is 0.679. The highest BCUT2D eigenvalue weighted by Gasteiger charge is 2.33. The van der Waals surface area contributed by atoms with Gasteiger partial charge in [-0.15, -0.1) is 0 Å². The molecule has 0 bridgehead atoms. The van der Waals surface area contributed by atoms with E-state index in [1.165, 1.54) is 11.4 Å². The van der Waals surface area contributed by atoms with Crippen LogP contribution >= 0.6 is 0 Å². The number of rotatable bonds is 1. The van der Waals surface area contributed by atoms with Gasteiger partial charge in [-0.25, -0.2) is 4.68 Å². The maximum Gasteiger partial charge on any atom is 0.229 e. The number of nitrogens with zero attached hydrogens (tertiary/aromatic N) is 5. The standard InChI is InChI=1S/C12H15N5/c1-9-15(2)10-6-4-5-7-11(10)17(9)12-13-8-14-16(12)3/h4-9H,1-3H3/t9-/m0/s1. The summed E-state index contributed by atoms with van der Waals surface area (Å²) in [5, 5.41) is 4.14. The highest BCUT2D eigenvalue weighted by molar-refractivity contribution is 5.81. The highest BCUT2D eigenvalue weighted by atomic mass is 15.5. The molecule has 0 spiro atoms. The zero-order valence-corrected chi connectivity index (χ0v) is 10.2. The summed E-state index contributed by atoms with van der Waals surface area (Å²) < 4.78 is 1.80. The van der Waals surface area contributed by atoms with Gasteiger partial charge in [-0.3, -0.25) is 4.90 Å². The number of aromatic nitrogens is 3. The molecule has 88 valence electrons. The van der Waals surface area contributed by atoms with E-state index in [2.05, 4.69) is 52.1 Å². The first kappa shape index (κ1) is 10.1. The smallest absolute Gasteiger partial charge is 0.229 e. The van der Waals surface area contributed by atoms with Gasteiger partial charge in [0.25, 0.3) is 0 Å². The number of hydrogen-bond acceptors (Lipinski definition) is 4. The average Bonchev–Trinajstić information content (AvgIpc) is 2.84. The second-order valence-corrected chi connectivity index (χ2v) is 4.29. The molecule has 0 saturated heterocycles. The van der Waals surface area contributed by atoms with Crippen molar-refractivity contribution >= 4 is 17.3 Å². The topological polar surface area (TPSA) is 37.2 Å². The molecule has 0 saturated carbocycles. The number of para-hydroxylation sites is 2. The van der Waals surface area contributed by atoms with E-state index in [-0.39, 0.29) is 6.17 Å². The first-order valence-electron chi connectivity index (χ1n) is 5.65. The van der Waals surface area contributed by atoms with Crippen LogP contribution in [0.1, 0.15) is 6.92 Å². The monoisotopic (exact) mass is 229 g/mol. The zero-order chi connectivity index (χ0) is 12.0. The maximum absolute atomic E-state index is 4.33. The van der Waals surface area contributed by atoms with Crippen molar-refractivity contribution in [2.24, 2.45) is 7.05 Å². The van der Waals surface area contributed by atoms with Crippen molar-refractivity contribution in [3.63, 3.8) is 0 Å². The molecule has 2 aromatic rings. The van der Waals surface area contributed by atoms with Crippen molar-refractivity contribution in [2.75, 3.05) is 16.8 Å². The Morgan fingerprint density at radius 2 is 1.82 bits per heavy atom. The average molecular weight is 229 g/mol. The molecule has 0 amide bonds. The minimum Gasteiger partial charge on any atom is -0.352 e. The van der Waals surface area contributed by atoms with Crippen LogP contribution in [0, 0.1) is 0 Å². The molecule has 1 atom stereocenters. The summed E-state index contributed by atoms with van der Waals surface area (Å²) in [7, 11) is 4.01. The minimum atomic E-state index is 0.246.